The molecule has 86 valence electrons. The highest BCUT2D eigenvalue weighted by Crippen LogP contribution is 2.39. The van der Waals surface area contributed by atoms with Gasteiger partial charge < -0.3 is 0 Å². The third kappa shape index (κ3) is 1.87. The summed E-state index contributed by atoms with van der Waals surface area (Å²) in [7, 11) is 0. The first kappa shape index (κ1) is 10.3. The van der Waals surface area contributed by atoms with Crippen LogP contribution in [0.15, 0.2) is 24.3 Å². The van der Waals surface area contributed by atoms with E-state index in [1.165, 1.54) is 32.1 Å². The molecule has 2 aliphatic rings. The maximum Gasteiger partial charge on any atom is 0.0270 e. The SMILES string of the molecule is NNC(C1CC1)C1CCc2ccccc2C1. The Morgan fingerprint density at radius 2 is 1.81 bits per heavy atom. The lowest BCUT2D eigenvalue weighted by atomic mass is 9.79. The van der Waals surface area contributed by atoms with Crippen LogP contribution in [0.1, 0.15) is 30.4 Å². The van der Waals surface area contributed by atoms with Gasteiger partial charge in [0, 0.05) is 6.04 Å². The van der Waals surface area contributed by atoms with Gasteiger partial charge in [-0.25, -0.2) is 0 Å². The molecule has 0 saturated heterocycles. The van der Waals surface area contributed by atoms with Crippen molar-refractivity contribution in [2.24, 2.45) is 17.7 Å². The fourth-order valence-electron chi connectivity index (χ4n) is 3.14. The predicted molar refractivity (Wildman–Crippen MR) is 65.8 cm³/mol. The summed E-state index contributed by atoms with van der Waals surface area (Å²) in [5, 5.41) is 0. The van der Waals surface area contributed by atoms with E-state index < -0.39 is 0 Å². The number of nitrogens with two attached hydrogens (primary N) is 1. The van der Waals surface area contributed by atoms with Crippen molar-refractivity contribution < 1.29 is 0 Å². The molecule has 0 bridgehead atoms. The zero-order valence-electron chi connectivity index (χ0n) is 9.65. The number of rotatable bonds is 3. The van der Waals surface area contributed by atoms with E-state index in [2.05, 4.69) is 29.7 Å². The van der Waals surface area contributed by atoms with Crippen LogP contribution in [0.2, 0.25) is 0 Å². The topological polar surface area (TPSA) is 38.0 Å². The molecule has 1 aromatic rings. The first-order chi connectivity index (χ1) is 7.88. The second kappa shape index (κ2) is 4.19. The van der Waals surface area contributed by atoms with Crippen LogP contribution in [0.4, 0.5) is 0 Å². The van der Waals surface area contributed by atoms with Crippen molar-refractivity contribution in [3.8, 4) is 0 Å². The summed E-state index contributed by atoms with van der Waals surface area (Å²) < 4.78 is 0. The summed E-state index contributed by atoms with van der Waals surface area (Å²) in [5.41, 5.74) is 6.15. The van der Waals surface area contributed by atoms with Crippen molar-refractivity contribution in [2.75, 3.05) is 0 Å². The number of hydrogen-bond acceptors (Lipinski definition) is 2. The molecule has 2 atom stereocenters. The number of fused-ring (bicyclic) bond motifs is 1. The molecule has 2 heteroatoms. The Balaban J connectivity index is 1.76. The second-order valence-corrected chi connectivity index (χ2v) is 5.30. The Morgan fingerprint density at radius 1 is 1.06 bits per heavy atom. The number of benzene rings is 1. The van der Waals surface area contributed by atoms with Gasteiger partial charge in [-0.2, -0.15) is 0 Å². The van der Waals surface area contributed by atoms with E-state index in [9.17, 15) is 0 Å². The summed E-state index contributed by atoms with van der Waals surface area (Å²) in [4.78, 5) is 0. The maximum atomic E-state index is 5.71. The zero-order valence-corrected chi connectivity index (χ0v) is 9.65. The fourth-order valence-corrected chi connectivity index (χ4v) is 3.14. The minimum Gasteiger partial charge on any atom is -0.271 e. The van der Waals surface area contributed by atoms with E-state index in [-0.39, 0.29) is 0 Å². The molecule has 0 aliphatic heterocycles. The molecule has 0 spiro atoms. The van der Waals surface area contributed by atoms with E-state index in [0.717, 1.165) is 11.8 Å². The molecule has 3 rings (SSSR count). The third-order valence-electron chi connectivity index (χ3n) is 4.22. The van der Waals surface area contributed by atoms with Crippen molar-refractivity contribution in [3.63, 3.8) is 0 Å². The van der Waals surface area contributed by atoms with Gasteiger partial charge in [0.2, 0.25) is 0 Å². The van der Waals surface area contributed by atoms with E-state index >= 15 is 0 Å². The fraction of sp³-hybridized carbons (Fsp3) is 0.571. The Labute approximate surface area is 97.2 Å². The third-order valence-corrected chi connectivity index (χ3v) is 4.22. The molecule has 0 radical (unpaired) electrons. The largest absolute Gasteiger partial charge is 0.271 e. The molecule has 1 saturated carbocycles. The number of hydrazine groups is 1. The molecule has 16 heavy (non-hydrogen) atoms. The van der Waals surface area contributed by atoms with Crippen molar-refractivity contribution >= 4 is 0 Å². The first-order valence-electron chi connectivity index (χ1n) is 6.41. The monoisotopic (exact) mass is 216 g/mol. The van der Waals surface area contributed by atoms with Gasteiger partial charge in [-0.15, -0.1) is 0 Å². The van der Waals surface area contributed by atoms with Gasteiger partial charge >= 0.3 is 0 Å². The van der Waals surface area contributed by atoms with Gasteiger partial charge in [0.05, 0.1) is 0 Å². The first-order valence-corrected chi connectivity index (χ1v) is 6.41. The highest BCUT2D eigenvalue weighted by Gasteiger charge is 2.36. The highest BCUT2D eigenvalue weighted by atomic mass is 15.2. The molecule has 2 nitrogen and oxygen atoms in total. The van der Waals surface area contributed by atoms with Gasteiger partial charge in [-0.3, -0.25) is 11.3 Å². The molecule has 0 amide bonds. The molecule has 0 heterocycles. The lowest BCUT2D eigenvalue weighted by Gasteiger charge is -2.31. The Hall–Kier alpha value is -0.860. The Morgan fingerprint density at radius 3 is 2.50 bits per heavy atom. The smallest absolute Gasteiger partial charge is 0.0270 e. The van der Waals surface area contributed by atoms with Crippen LogP contribution in [0.5, 0.6) is 0 Å². The van der Waals surface area contributed by atoms with Crippen molar-refractivity contribution in [3.05, 3.63) is 35.4 Å². The number of aryl methyl sites for hydroxylation is 1. The minimum atomic E-state index is 0.549. The molecule has 1 fully saturated rings. The van der Waals surface area contributed by atoms with Crippen LogP contribution >= 0.6 is 0 Å². The lowest BCUT2D eigenvalue weighted by molar-refractivity contribution is 0.295. The van der Waals surface area contributed by atoms with Crippen molar-refractivity contribution in [2.45, 2.75) is 38.1 Å². The molecule has 1 aromatic carbocycles. The second-order valence-electron chi connectivity index (χ2n) is 5.30. The highest BCUT2D eigenvalue weighted by molar-refractivity contribution is 5.30. The zero-order chi connectivity index (χ0) is 11.0. The standard InChI is InChI=1S/C14H20N2/c15-16-14(11-6-7-11)13-8-5-10-3-1-2-4-12(10)9-13/h1-4,11,13-14,16H,5-9,15H2. The molecular weight excluding hydrogens is 196 g/mol. The molecule has 0 aromatic heterocycles. The van der Waals surface area contributed by atoms with E-state index in [1.54, 1.807) is 11.1 Å². The summed E-state index contributed by atoms with van der Waals surface area (Å²) in [5.74, 6) is 7.30. The summed E-state index contributed by atoms with van der Waals surface area (Å²) in [6, 6.07) is 9.41. The van der Waals surface area contributed by atoms with E-state index in [4.69, 9.17) is 5.84 Å². The predicted octanol–water partition coefficient (Wildman–Crippen LogP) is 2.03. The summed E-state index contributed by atoms with van der Waals surface area (Å²) in [6.07, 6.45) is 6.47. The maximum absolute atomic E-state index is 5.71. The van der Waals surface area contributed by atoms with Gasteiger partial charge in [-0.1, -0.05) is 24.3 Å². The normalized spacial score (nSPS) is 26.2. The van der Waals surface area contributed by atoms with Gasteiger partial charge in [0.25, 0.3) is 0 Å². The van der Waals surface area contributed by atoms with Gasteiger partial charge in [0.15, 0.2) is 0 Å². The van der Waals surface area contributed by atoms with Gasteiger partial charge in [-0.05, 0) is 55.1 Å². The molecule has 2 aliphatic carbocycles. The van der Waals surface area contributed by atoms with Crippen LogP contribution in [0.3, 0.4) is 0 Å². The van der Waals surface area contributed by atoms with E-state index in [0.29, 0.717) is 6.04 Å². The molecule has 3 N–H and O–H groups in total. The number of nitrogens with one attached hydrogen (secondary N) is 1. The molecular formula is C14H20N2. The van der Waals surface area contributed by atoms with Crippen LogP contribution in [0, 0.1) is 11.8 Å². The van der Waals surface area contributed by atoms with Crippen LogP contribution in [0.25, 0.3) is 0 Å². The Kier molecular flexibility index (Phi) is 2.70. The number of hydrogen-bond donors (Lipinski definition) is 2. The average molecular weight is 216 g/mol. The lowest BCUT2D eigenvalue weighted by Crippen LogP contribution is -2.44. The summed E-state index contributed by atoms with van der Waals surface area (Å²) >= 11 is 0. The van der Waals surface area contributed by atoms with Crippen LogP contribution in [-0.2, 0) is 12.8 Å². The Bertz CT molecular complexity index is 371. The minimum absolute atomic E-state index is 0.549. The quantitative estimate of drug-likeness (QED) is 0.599. The molecule has 2 unspecified atom stereocenters. The van der Waals surface area contributed by atoms with Gasteiger partial charge in [0.1, 0.15) is 0 Å². The summed E-state index contributed by atoms with van der Waals surface area (Å²) in [6.45, 7) is 0. The van der Waals surface area contributed by atoms with Crippen LogP contribution in [-0.4, -0.2) is 6.04 Å². The van der Waals surface area contributed by atoms with Crippen LogP contribution < -0.4 is 11.3 Å². The van der Waals surface area contributed by atoms with Crippen molar-refractivity contribution in [1.29, 1.82) is 0 Å². The van der Waals surface area contributed by atoms with Crippen molar-refractivity contribution in [1.82, 2.24) is 5.43 Å². The average Bonchev–Trinajstić information content (AvgIpc) is 3.14. The van der Waals surface area contributed by atoms with E-state index in [1.807, 2.05) is 0 Å².